The van der Waals surface area contributed by atoms with Crippen LogP contribution in [0.1, 0.15) is 54.4 Å². The number of carbonyl (C=O) groups is 2. The second kappa shape index (κ2) is 5.93. The highest BCUT2D eigenvalue weighted by Crippen LogP contribution is 2.28. The standard InChI is InChI=1S/C15H28N2O2/c1-7-9-17-11(10(3)8-2)13(18)16-12(14(17)19)15(4,5)6/h10-12H,7-9H2,1-6H3,(H,16,18). The first-order valence-corrected chi connectivity index (χ1v) is 7.34. The van der Waals surface area contributed by atoms with E-state index in [2.05, 4.69) is 12.2 Å². The fraction of sp³-hybridized carbons (Fsp3) is 0.867. The second-order valence-corrected chi connectivity index (χ2v) is 6.67. The van der Waals surface area contributed by atoms with Crippen LogP contribution in [0.2, 0.25) is 0 Å². The van der Waals surface area contributed by atoms with Gasteiger partial charge >= 0.3 is 0 Å². The van der Waals surface area contributed by atoms with Gasteiger partial charge in [0.2, 0.25) is 11.8 Å². The Balaban J connectivity index is 3.06. The Hall–Kier alpha value is -1.06. The zero-order valence-corrected chi connectivity index (χ0v) is 13.1. The van der Waals surface area contributed by atoms with Gasteiger partial charge in [-0.1, -0.05) is 48.0 Å². The Bertz CT molecular complexity index is 347. The minimum atomic E-state index is -0.410. The van der Waals surface area contributed by atoms with Crippen LogP contribution >= 0.6 is 0 Å². The van der Waals surface area contributed by atoms with Crippen LogP contribution < -0.4 is 5.32 Å². The van der Waals surface area contributed by atoms with Crippen LogP contribution in [-0.4, -0.2) is 35.3 Å². The minimum Gasteiger partial charge on any atom is -0.342 e. The van der Waals surface area contributed by atoms with Crippen molar-refractivity contribution >= 4 is 11.8 Å². The number of carbonyl (C=O) groups excluding carboxylic acids is 2. The van der Waals surface area contributed by atoms with Crippen molar-refractivity contribution in [3.05, 3.63) is 0 Å². The van der Waals surface area contributed by atoms with Crippen LogP contribution in [0.25, 0.3) is 0 Å². The summed E-state index contributed by atoms with van der Waals surface area (Å²) < 4.78 is 0. The van der Waals surface area contributed by atoms with Crippen molar-refractivity contribution in [1.29, 1.82) is 0 Å². The lowest BCUT2D eigenvalue weighted by atomic mass is 9.82. The molecule has 1 N–H and O–H groups in total. The summed E-state index contributed by atoms with van der Waals surface area (Å²) in [6.45, 7) is 12.8. The van der Waals surface area contributed by atoms with Crippen LogP contribution in [0.5, 0.6) is 0 Å². The Morgan fingerprint density at radius 1 is 1.26 bits per heavy atom. The molecule has 4 nitrogen and oxygen atoms in total. The molecule has 0 saturated carbocycles. The van der Waals surface area contributed by atoms with Crippen molar-refractivity contribution < 1.29 is 9.59 Å². The van der Waals surface area contributed by atoms with Gasteiger partial charge in [-0.05, 0) is 17.8 Å². The first-order valence-electron chi connectivity index (χ1n) is 7.34. The maximum absolute atomic E-state index is 12.6. The summed E-state index contributed by atoms with van der Waals surface area (Å²) in [4.78, 5) is 26.8. The molecule has 1 saturated heterocycles. The summed E-state index contributed by atoms with van der Waals surface area (Å²) in [7, 11) is 0. The normalized spacial score (nSPS) is 26.3. The summed E-state index contributed by atoms with van der Waals surface area (Å²) in [5, 5.41) is 2.93. The number of nitrogens with zero attached hydrogens (tertiary/aromatic N) is 1. The molecular weight excluding hydrogens is 240 g/mol. The van der Waals surface area contributed by atoms with Gasteiger partial charge in [0.15, 0.2) is 0 Å². The monoisotopic (exact) mass is 268 g/mol. The Morgan fingerprint density at radius 2 is 1.84 bits per heavy atom. The predicted molar refractivity (Wildman–Crippen MR) is 76.6 cm³/mol. The summed E-state index contributed by atoms with van der Waals surface area (Å²) in [5.74, 6) is 0.262. The third-order valence-corrected chi connectivity index (χ3v) is 3.93. The third-order valence-electron chi connectivity index (χ3n) is 3.93. The largest absolute Gasteiger partial charge is 0.342 e. The van der Waals surface area contributed by atoms with Crippen molar-refractivity contribution in [2.24, 2.45) is 11.3 Å². The van der Waals surface area contributed by atoms with Crippen molar-refractivity contribution in [3.8, 4) is 0 Å². The van der Waals surface area contributed by atoms with E-state index in [1.54, 1.807) is 4.90 Å². The Labute approximate surface area is 116 Å². The Morgan fingerprint density at radius 3 is 2.26 bits per heavy atom. The van der Waals surface area contributed by atoms with Gasteiger partial charge in [-0.2, -0.15) is 0 Å². The number of rotatable bonds is 4. The van der Waals surface area contributed by atoms with E-state index in [0.29, 0.717) is 6.54 Å². The first kappa shape index (κ1) is 16.0. The average molecular weight is 268 g/mol. The van der Waals surface area contributed by atoms with Crippen LogP contribution in [0.15, 0.2) is 0 Å². The van der Waals surface area contributed by atoms with Gasteiger partial charge in [0.25, 0.3) is 0 Å². The molecule has 0 radical (unpaired) electrons. The van der Waals surface area contributed by atoms with Gasteiger partial charge < -0.3 is 10.2 Å². The SMILES string of the molecule is CCCN1C(=O)C(C(C)(C)C)NC(=O)C1C(C)CC. The summed E-state index contributed by atoms with van der Waals surface area (Å²) in [6, 6.07) is -0.720. The van der Waals surface area contributed by atoms with E-state index in [4.69, 9.17) is 0 Å². The first-order chi connectivity index (χ1) is 8.73. The van der Waals surface area contributed by atoms with Crippen molar-refractivity contribution in [3.63, 3.8) is 0 Å². The number of nitrogens with one attached hydrogen (secondary N) is 1. The summed E-state index contributed by atoms with van der Waals surface area (Å²) in [5.41, 5.74) is -0.251. The predicted octanol–water partition coefficient (Wildman–Crippen LogP) is 2.18. The molecule has 1 fully saturated rings. The molecule has 3 unspecified atom stereocenters. The molecular formula is C15H28N2O2. The number of piperazine rings is 1. The van der Waals surface area contributed by atoms with Gasteiger partial charge in [0.05, 0.1) is 0 Å². The average Bonchev–Trinajstić information content (AvgIpc) is 2.31. The van der Waals surface area contributed by atoms with E-state index in [-0.39, 0.29) is 29.2 Å². The lowest BCUT2D eigenvalue weighted by Gasteiger charge is -2.45. The zero-order valence-electron chi connectivity index (χ0n) is 13.1. The van der Waals surface area contributed by atoms with Crippen LogP contribution in [0, 0.1) is 11.3 Å². The topological polar surface area (TPSA) is 49.4 Å². The molecule has 0 aromatic heterocycles. The third kappa shape index (κ3) is 3.28. The van der Waals surface area contributed by atoms with E-state index in [0.717, 1.165) is 12.8 Å². The van der Waals surface area contributed by atoms with E-state index < -0.39 is 6.04 Å². The molecule has 1 aliphatic heterocycles. The van der Waals surface area contributed by atoms with E-state index in [1.165, 1.54) is 0 Å². The molecule has 1 rings (SSSR count). The highest BCUT2D eigenvalue weighted by molar-refractivity contribution is 5.97. The fourth-order valence-corrected chi connectivity index (χ4v) is 2.60. The highest BCUT2D eigenvalue weighted by atomic mass is 16.2. The van der Waals surface area contributed by atoms with Gasteiger partial charge in [0, 0.05) is 6.54 Å². The zero-order chi connectivity index (χ0) is 14.8. The molecule has 4 heteroatoms. The lowest BCUT2D eigenvalue weighted by Crippen LogP contribution is -2.67. The Kier molecular flexibility index (Phi) is 4.99. The molecule has 19 heavy (non-hydrogen) atoms. The van der Waals surface area contributed by atoms with Crippen molar-refractivity contribution in [1.82, 2.24) is 10.2 Å². The van der Waals surface area contributed by atoms with E-state index in [9.17, 15) is 9.59 Å². The fourth-order valence-electron chi connectivity index (χ4n) is 2.60. The van der Waals surface area contributed by atoms with Crippen molar-refractivity contribution in [2.45, 2.75) is 66.5 Å². The van der Waals surface area contributed by atoms with Crippen molar-refractivity contribution in [2.75, 3.05) is 6.54 Å². The molecule has 110 valence electrons. The molecule has 0 aromatic rings. The van der Waals surface area contributed by atoms with E-state index >= 15 is 0 Å². The maximum atomic E-state index is 12.6. The number of hydrogen-bond donors (Lipinski definition) is 1. The van der Waals surface area contributed by atoms with Gasteiger partial charge in [0.1, 0.15) is 12.1 Å². The molecule has 1 aliphatic rings. The number of amides is 2. The van der Waals surface area contributed by atoms with Crippen LogP contribution in [0.4, 0.5) is 0 Å². The second-order valence-electron chi connectivity index (χ2n) is 6.67. The van der Waals surface area contributed by atoms with E-state index in [1.807, 2.05) is 34.6 Å². The molecule has 2 amide bonds. The molecule has 1 heterocycles. The van der Waals surface area contributed by atoms with Crippen LogP contribution in [-0.2, 0) is 9.59 Å². The minimum absolute atomic E-state index is 0.00215. The molecule has 0 spiro atoms. The number of hydrogen-bond acceptors (Lipinski definition) is 2. The lowest BCUT2D eigenvalue weighted by molar-refractivity contribution is -0.154. The molecule has 3 atom stereocenters. The molecule has 0 bridgehead atoms. The maximum Gasteiger partial charge on any atom is 0.246 e. The quantitative estimate of drug-likeness (QED) is 0.849. The van der Waals surface area contributed by atoms with Gasteiger partial charge in [-0.15, -0.1) is 0 Å². The molecule has 0 aromatic carbocycles. The van der Waals surface area contributed by atoms with Gasteiger partial charge in [-0.25, -0.2) is 0 Å². The molecule has 0 aliphatic carbocycles. The van der Waals surface area contributed by atoms with Crippen LogP contribution in [0.3, 0.4) is 0 Å². The highest BCUT2D eigenvalue weighted by Gasteiger charge is 2.46. The van der Waals surface area contributed by atoms with Gasteiger partial charge in [-0.3, -0.25) is 9.59 Å². The summed E-state index contributed by atoms with van der Waals surface area (Å²) >= 11 is 0. The smallest absolute Gasteiger partial charge is 0.246 e. The summed E-state index contributed by atoms with van der Waals surface area (Å²) in [6.07, 6.45) is 1.77.